The molecule has 0 bridgehead atoms. The third-order valence-corrected chi connectivity index (χ3v) is 1.43. The fourth-order valence-corrected chi connectivity index (χ4v) is 0.808. The van der Waals surface area contributed by atoms with Crippen molar-refractivity contribution >= 4 is 5.57 Å². The van der Waals surface area contributed by atoms with Crippen LogP contribution < -0.4 is 0 Å². The first-order chi connectivity index (χ1) is 6.49. The Bertz CT molecular complexity index is 421. The van der Waals surface area contributed by atoms with Gasteiger partial charge in [0.25, 0.3) is 11.9 Å². The molecule has 2 nitrogen and oxygen atoms in total. The minimum atomic E-state index is -1.81. The normalized spacial score (nSPS) is 9.64. The number of nitriles is 1. The maximum absolute atomic E-state index is 12.8. The molecule has 0 aliphatic heterocycles. The van der Waals surface area contributed by atoms with Crippen LogP contribution in [0.2, 0.25) is 0 Å². The number of hydrogen-bond donors (Lipinski definition) is 0. The number of aromatic nitrogens is 1. The van der Waals surface area contributed by atoms with Crippen molar-refractivity contribution in [3.63, 3.8) is 0 Å². The molecule has 0 saturated heterocycles. The van der Waals surface area contributed by atoms with Gasteiger partial charge in [-0.1, -0.05) is 6.58 Å². The second kappa shape index (κ2) is 3.46. The van der Waals surface area contributed by atoms with Gasteiger partial charge in [0.15, 0.2) is 11.6 Å². The first kappa shape index (κ1) is 10.2. The summed E-state index contributed by atoms with van der Waals surface area (Å²) in [6.45, 7) is 2.95. The third-order valence-electron chi connectivity index (χ3n) is 1.43. The molecule has 0 saturated carbocycles. The molecule has 0 unspecified atom stereocenters. The average molecular weight is 202 g/mol. The third kappa shape index (κ3) is 1.44. The van der Waals surface area contributed by atoms with Gasteiger partial charge in [0.2, 0.25) is 0 Å². The van der Waals surface area contributed by atoms with Gasteiger partial charge in [-0.25, -0.2) is 8.78 Å². The molecule has 0 atom stereocenters. The predicted octanol–water partition coefficient (Wildman–Crippen LogP) is 2.17. The zero-order chi connectivity index (χ0) is 10.9. The summed E-state index contributed by atoms with van der Waals surface area (Å²) in [6, 6.07) is 1.28. The highest BCUT2D eigenvalue weighted by Gasteiger charge is 2.22. The summed E-state index contributed by atoms with van der Waals surface area (Å²) < 4.78 is 50.6. The molecule has 0 radical (unpaired) electrons. The standard InChI is InChI=1S/C8H2F4N2/c1-3(2-13)4-5(9)7(11)14-8(12)6(4)10/h1H2. The van der Waals surface area contributed by atoms with E-state index in [4.69, 9.17) is 5.26 Å². The van der Waals surface area contributed by atoms with Crippen LogP contribution >= 0.6 is 0 Å². The average Bonchev–Trinajstić information content (AvgIpc) is 2.15. The Hall–Kier alpha value is -1.90. The van der Waals surface area contributed by atoms with Crippen molar-refractivity contribution in [1.29, 1.82) is 5.26 Å². The lowest BCUT2D eigenvalue weighted by atomic mass is 10.1. The van der Waals surface area contributed by atoms with E-state index in [1.54, 1.807) is 0 Å². The molecule has 0 amide bonds. The van der Waals surface area contributed by atoms with E-state index in [9.17, 15) is 17.6 Å². The molecule has 1 heterocycles. The van der Waals surface area contributed by atoms with E-state index in [2.05, 4.69) is 11.6 Å². The largest absolute Gasteiger partial charge is 0.252 e. The molecule has 6 heteroatoms. The van der Waals surface area contributed by atoms with Crippen molar-refractivity contribution < 1.29 is 17.6 Å². The maximum Gasteiger partial charge on any atom is 0.252 e. The minimum absolute atomic E-state index is 0.708. The number of pyridine rings is 1. The summed E-state index contributed by atoms with van der Waals surface area (Å²) >= 11 is 0. The molecule has 0 fully saturated rings. The van der Waals surface area contributed by atoms with Gasteiger partial charge < -0.3 is 0 Å². The summed E-state index contributed by atoms with van der Waals surface area (Å²) in [5.41, 5.74) is -1.84. The Labute approximate surface area is 76.1 Å². The SMILES string of the molecule is C=C(C#N)c1c(F)c(F)nc(F)c1F. The van der Waals surface area contributed by atoms with Gasteiger partial charge in [-0.3, -0.25) is 0 Å². The molecule has 14 heavy (non-hydrogen) atoms. The monoisotopic (exact) mass is 202 g/mol. The summed E-state index contributed by atoms with van der Waals surface area (Å²) in [5, 5.41) is 8.27. The lowest BCUT2D eigenvalue weighted by molar-refractivity contribution is 0.404. The molecular formula is C8H2F4N2. The van der Waals surface area contributed by atoms with Crippen molar-refractivity contribution in [3.8, 4) is 6.07 Å². The van der Waals surface area contributed by atoms with E-state index in [-0.39, 0.29) is 0 Å². The lowest BCUT2D eigenvalue weighted by Gasteiger charge is -2.02. The van der Waals surface area contributed by atoms with E-state index < -0.39 is 34.7 Å². The van der Waals surface area contributed by atoms with E-state index in [1.807, 2.05) is 0 Å². The van der Waals surface area contributed by atoms with Crippen LogP contribution in [-0.2, 0) is 0 Å². The summed E-state index contributed by atoms with van der Waals surface area (Å²) in [5.74, 6) is -7.07. The molecular weight excluding hydrogens is 200 g/mol. The molecule has 0 spiro atoms. The van der Waals surface area contributed by atoms with E-state index in [0.717, 1.165) is 0 Å². The minimum Gasteiger partial charge on any atom is -0.201 e. The van der Waals surface area contributed by atoms with Gasteiger partial charge in [0.1, 0.15) is 0 Å². The fourth-order valence-electron chi connectivity index (χ4n) is 0.808. The van der Waals surface area contributed by atoms with Gasteiger partial charge >= 0.3 is 0 Å². The van der Waals surface area contributed by atoms with Crippen LogP contribution in [0.4, 0.5) is 17.6 Å². The summed E-state index contributed by atoms with van der Waals surface area (Å²) in [7, 11) is 0. The van der Waals surface area contributed by atoms with E-state index >= 15 is 0 Å². The Morgan fingerprint density at radius 1 is 1.14 bits per heavy atom. The Kier molecular flexibility index (Phi) is 2.51. The Morgan fingerprint density at radius 3 is 1.93 bits per heavy atom. The van der Waals surface area contributed by atoms with Crippen molar-refractivity contribution in [1.82, 2.24) is 4.98 Å². The maximum atomic E-state index is 12.8. The quantitative estimate of drug-likeness (QED) is 0.397. The number of hydrogen-bond acceptors (Lipinski definition) is 2. The predicted molar refractivity (Wildman–Crippen MR) is 38.7 cm³/mol. The topological polar surface area (TPSA) is 36.7 Å². The molecule has 1 aromatic heterocycles. The Morgan fingerprint density at radius 2 is 1.57 bits per heavy atom. The van der Waals surface area contributed by atoms with E-state index in [1.165, 1.54) is 6.07 Å². The highest BCUT2D eigenvalue weighted by Crippen LogP contribution is 2.22. The van der Waals surface area contributed by atoms with Crippen LogP contribution in [0.5, 0.6) is 0 Å². The smallest absolute Gasteiger partial charge is 0.201 e. The second-order valence-corrected chi connectivity index (χ2v) is 2.29. The molecule has 1 aromatic rings. The fraction of sp³-hybridized carbons (Fsp3) is 0. The molecule has 0 aromatic carbocycles. The zero-order valence-corrected chi connectivity index (χ0v) is 6.61. The number of halogens is 4. The van der Waals surface area contributed by atoms with Gasteiger partial charge in [-0.05, 0) is 0 Å². The van der Waals surface area contributed by atoms with Gasteiger partial charge in [-0.15, -0.1) is 0 Å². The van der Waals surface area contributed by atoms with Crippen molar-refractivity contribution in [2.75, 3.05) is 0 Å². The van der Waals surface area contributed by atoms with Crippen LogP contribution in [0.3, 0.4) is 0 Å². The lowest BCUT2D eigenvalue weighted by Crippen LogP contribution is -2.04. The molecule has 0 aliphatic carbocycles. The molecule has 0 aliphatic rings. The van der Waals surface area contributed by atoms with Gasteiger partial charge in [-0.2, -0.15) is 19.0 Å². The first-order valence-corrected chi connectivity index (χ1v) is 3.28. The summed E-state index contributed by atoms with van der Waals surface area (Å²) in [4.78, 5) is 2.32. The first-order valence-electron chi connectivity index (χ1n) is 3.28. The highest BCUT2D eigenvalue weighted by molar-refractivity contribution is 5.75. The second-order valence-electron chi connectivity index (χ2n) is 2.29. The van der Waals surface area contributed by atoms with Crippen molar-refractivity contribution in [2.24, 2.45) is 0 Å². The Balaban J connectivity index is 3.57. The zero-order valence-electron chi connectivity index (χ0n) is 6.61. The van der Waals surface area contributed by atoms with E-state index in [0.29, 0.717) is 0 Å². The number of nitrogens with zero attached hydrogens (tertiary/aromatic N) is 2. The van der Waals surface area contributed by atoms with Gasteiger partial charge in [0, 0.05) is 0 Å². The molecule has 0 N–H and O–H groups in total. The number of rotatable bonds is 1. The van der Waals surface area contributed by atoms with Crippen molar-refractivity contribution in [2.45, 2.75) is 0 Å². The van der Waals surface area contributed by atoms with Gasteiger partial charge in [0.05, 0.1) is 17.2 Å². The van der Waals surface area contributed by atoms with Crippen LogP contribution in [0.1, 0.15) is 5.56 Å². The molecule has 1 rings (SSSR count). The molecule has 72 valence electrons. The van der Waals surface area contributed by atoms with Crippen LogP contribution in [0.25, 0.3) is 5.57 Å². The van der Waals surface area contributed by atoms with Crippen LogP contribution in [-0.4, -0.2) is 4.98 Å². The highest BCUT2D eigenvalue weighted by atomic mass is 19.2. The van der Waals surface area contributed by atoms with Crippen LogP contribution in [0.15, 0.2) is 6.58 Å². The summed E-state index contributed by atoms with van der Waals surface area (Å²) in [6.07, 6.45) is 0. The van der Waals surface area contributed by atoms with Crippen LogP contribution in [0, 0.1) is 34.9 Å². The number of allylic oxidation sites excluding steroid dienone is 1. The van der Waals surface area contributed by atoms with Crippen molar-refractivity contribution in [3.05, 3.63) is 35.7 Å².